The molecular weight excluding hydrogens is 286 g/mol. The molecule has 0 atom stereocenters. The lowest BCUT2D eigenvalue weighted by atomic mass is 10.1. The first kappa shape index (κ1) is 11.6. The number of aromatic nitrogens is 1. The number of nitrogens with zero attached hydrogens (tertiary/aromatic N) is 1. The smallest absolute Gasteiger partial charge is 0.278 e. The summed E-state index contributed by atoms with van der Waals surface area (Å²) in [5, 5.41) is 2.67. The van der Waals surface area contributed by atoms with E-state index in [4.69, 9.17) is 4.74 Å². The fraction of sp³-hybridized carbons (Fsp3) is 0.250. The maximum atomic E-state index is 5.70. The Kier molecular flexibility index (Phi) is 3.30. The fourth-order valence-electron chi connectivity index (χ4n) is 1.45. The van der Waals surface area contributed by atoms with Gasteiger partial charge in [-0.3, -0.25) is 0 Å². The lowest BCUT2D eigenvalue weighted by Gasteiger charge is -2.07. The first-order chi connectivity index (χ1) is 7.56. The Morgan fingerprint density at radius 2 is 1.81 bits per heavy atom. The van der Waals surface area contributed by atoms with Crippen LogP contribution in [0.3, 0.4) is 0 Å². The molecule has 0 spiro atoms. The SMILES string of the molecule is Cc1csc(Oc2cc(C)c(Br)c(C)c2)n1. The van der Waals surface area contributed by atoms with Crippen LogP contribution in [0.15, 0.2) is 22.0 Å². The van der Waals surface area contributed by atoms with Gasteiger partial charge in [0.05, 0.1) is 5.69 Å². The van der Waals surface area contributed by atoms with Gasteiger partial charge in [-0.1, -0.05) is 27.3 Å². The Labute approximate surface area is 107 Å². The van der Waals surface area contributed by atoms with Crippen LogP contribution in [0.4, 0.5) is 0 Å². The fourth-order valence-corrected chi connectivity index (χ4v) is 2.34. The largest absolute Gasteiger partial charge is 0.431 e. The lowest BCUT2D eigenvalue weighted by Crippen LogP contribution is -1.88. The zero-order valence-electron chi connectivity index (χ0n) is 9.37. The molecule has 0 amide bonds. The Hall–Kier alpha value is -0.870. The Bertz CT molecular complexity index is 498. The lowest BCUT2D eigenvalue weighted by molar-refractivity contribution is 0.477. The molecule has 1 heterocycles. The molecule has 0 bridgehead atoms. The molecule has 0 aliphatic rings. The van der Waals surface area contributed by atoms with Crippen molar-refractivity contribution in [3.05, 3.63) is 38.8 Å². The summed E-state index contributed by atoms with van der Waals surface area (Å²) in [5.74, 6) is 0.840. The molecule has 4 heteroatoms. The van der Waals surface area contributed by atoms with Crippen LogP contribution >= 0.6 is 27.3 Å². The van der Waals surface area contributed by atoms with Gasteiger partial charge in [-0.05, 0) is 44.0 Å². The molecule has 0 radical (unpaired) electrons. The van der Waals surface area contributed by atoms with Crippen LogP contribution in [0, 0.1) is 20.8 Å². The van der Waals surface area contributed by atoms with Crippen molar-refractivity contribution in [1.82, 2.24) is 4.98 Å². The highest BCUT2D eigenvalue weighted by molar-refractivity contribution is 9.10. The van der Waals surface area contributed by atoms with Gasteiger partial charge < -0.3 is 4.74 Å². The van der Waals surface area contributed by atoms with Crippen molar-refractivity contribution >= 4 is 27.3 Å². The van der Waals surface area contributed by atoms with E-state index in [1.807, 2.05) is 24.4 Å². The average molecular weight is 298 g/mol. The van der Waals surface area contributed by atoms with Gasteiger partial charge in [0, 0.05) is 9.85 Å². The summed E-state index contributed by atoms with van der Waals surface area (Å²) in [4.78, 5) is 4.27. The topological polar surface area (TPSA) is 22.1 Å². The maximum Gasteiger partial charge on any atom is 0.278 e. The molecule has 0 saturated carbocycles. The van der Waals surface area contributed by atoms with Crippen molar-refractivity contribution in [3.63, 3.8) is 0 Å². The highest BCUT2D eigenvalue weighted by Crippen LogP contribution is 2.30. The Morgan fingerprint density at radius 3 is 2.31 bits per heavy atom. The Morgan fingerprint density at radius 1 is 1.19 bits per heavy atom. The second kappa shape index (κ2) is 4.55. The maximum absolute atomic E-state index is 5.70. The normalized spacial score (nSPS) is 10.5. The molecule has 0 saturated heterocycles. The van der Waals surface area contributed by atoms with E-state index in [9.17, 15) is 0 Å². The van der Waals surface area contributed by atoms with E-state index in [-0.39, 0.29) is 0 Å². The quantitative estimate of drug-likeness (QED) is 0.807. The van der Waals surface area contributed by atoms with Crippen LogP contribution < -0.4 is 4.74 Å². The molecule has 84 valence electrons. The number of benzene rings is 1. The zero-order chi connectivity index (χ0) is 11.7. The van der Waals surface area contributed by atoms with Crippen LogP contribution in [0.5, 0.6) is 10.9 Å². The van der Waals surface area contributed by atoms with Gasteiger partial charge in [0.2, 0.25) is 0 Å². The molecule has 0 unspecified atom stereocenters. The molecule has 0 fully saturated rings. The zero-order valence-corrected chi connectivity index (χ0v) is 11.8. The number of hydrogen-bond acceptors (Lipinski definition) is 3. The van der Waals surface area contributed by atoms with E-state index in [1.165, 1.54) is 22.5 Å². The summed E-state index contributed by atoms with van der Waals surface area (Å²) in [7, 11) is 0. The molecule has 2 aromatic rings. The van der Waals surface area contributed by atoms with Gasteiger partial charge in [0.25, 0.3) is 5.19 Å². The minimum Gasteiger partial charge on any atom is -0.431 e. The summed E-state index contributed by atoms with van der Waals surface area (Å²) in [6, 6.07) is 4.02. The second-order valence-corrected chi connectivity index (χ2v) is 5.34. The highest BCUT2D eigenvalue weighted by Gasteiger charge is 2.06. The number of rotatable bonds is 2. The van der Waals surface area contributed by atoms with Crippen molar-refractivity contribution in [2.75, 3.05) is 0 Å². The Balaban J connectivity index is 2.28. The van der Waals surface area contributed by atoms with Crippen molar-refractivity contribution in [2.24, 2.45) is 0 Å². The second-order valence-electron chi connectivity index (χ2n) is 3.73. The van der Waals surface area contributed by atoms with Gasteiger partial charge in [-0.25, -0.2) is 4.98 Å². The number of aryl methyl sites for hydroxylation is 3. The summed E-state index contributed by atoms with van der Waals surface area (Å²) in [6.07, 6.45) is 0. The molecule has 2 rings (SSSR count). The predicted molar refractivity (Wildman–Crippen MR) is 70.5 cm³/mol. The van der Waals surface area contributed by atoms with Crippen LogP contribution in [0.25, 0.3) is 0 Å². The molecule has 1 aromatic carbocycles. The van der Waals surface area contributed by atoms with E-state index in [0.717, 1.165) is 15.9 Å². The third-order valence-corrected chi connectivity index (χ3v) is 4.30. The van der Waals surface area contributed by atoms with Crippen molar-refractivity contribution in [2.45, 2.75) is 20.8 Å². The molecule has 2 nitrogen and oxygen atoms in total. The van der Waals surface area contributed by atoms with Crippen molar-refractivity contribution in [1.29, 1.82) is 0 Å². The molecule has 0 aliphatic carbocycles. The van der Waals surface area contributed by atoms with Gasteiger partial charge in [0.15, 0.2) is 0 Å². The van der Waals surface area contributed by atoms with E-state index < -0.39 is 0 Å². The van der Waals surface area contributed by atoms with Gasteiger partial charge in [-0.2, -0.15) is 0 Å². The van der Waals surface area contributed by atoms with E-state index in [2.05, 4.69) is 34.8 Å². The molecule has 1 aromatic heterocycles. The number of ether oxygens (including phenoxy) is 1. The van der Waals surface area contributed by atoms with Crippen molar-refractivity contribution in [3.8, 4) is 10.9 Å². The summed E-state index contributed by atoms with van der Waals surface area (Å²) in [5.41, 5.74) is 3.33. The number of halogens is 1. The van der Waals surface area contributed by atoms with Gasteiger partial charge in [0.1, 0.15) is 5.75 Å². The van der Waals surface area contributed by atoms with Crippen LogP contribution in [-0.2, 0) is 0 Å². The van der Waals surface area contributed by atoms with Gasteiger partial charge >= 0.3 is 0 Å². The van der Waals surface area contributed by atoms with Crippen molar-refractivity contribution < 1.29 is 4.74 Å². The number of thiazole rings is 1. The summed E-state index contributed by atoms with van der Waals surface area (Å²) in [6.45, 7) is 6.07. The minimum atomic E-state index is 0.693. The highest BCUT2D eigenvalue weighted by atomic mass is 79.9. The molecule has 0 aliphatic heterocycles. The third kappa shape index (κ3) is 2.44. The van der Waals surface area contributed by atoms with Crippen LogP contribution in [-0.4, -0.2) is 4.98 Å². The van der Waals surface area contributed by atoms with Crippen LogP contribution in [0.2, 0.25) is 0 Å². The standard InChI is InChI=1S/C12H12BrNOS/c1-7-4-10(5-8(2)11(7)13)15-12-14-9(3)6-16-12/h4-6H,1-3H3. The summed E-state index contributed by atoms with van der Waals surface area (Å²) < 4.78 is 6.84. The minimum absolute atomic E-state index is 0.693. The molecule has 16 heavy (non-hydrogen) atoms. The van der Waals surface area contributed by atoms with E-state index in [0.29, 0.717) is 5.19 Å². The third-order valence-electron chi connectivity index (χ3n) is 2.21. The monoisotopic (exact) mass is 297 g/mol. The molecule has 0 N–H and O–H groups in total. The first-order valence-electron chi connectivity index (χ1n) is 4.93. The number of hydrogen-bond donors (Lipinski definition) is 0. The predicted octanol–water partition coefficient (Wildman–Crippen LogP) is 4.62. The average Bonchev–Trinajstić information content (AvgIpc) is 2.60. The van der Waals surface area contributed by atoms with Gasteiger partial charge in [-0.15, -0.1) is 0 Å². The first-order valence-corrected chi connectivity index (χ1v) is 6.60. The van der Waals surface area contributed by atoms with Crippen LogP contribution in [0.1, 0.15) is 16.8 Å². The van der Waals surface area contributed by atoms with E-state index >= 15 is 0 Å². The molecular formula is C12H12BrNOS. The van der Waals surface area contributed by atoms with E-state index in [1.54, 1.807) is 0 Å². The summed E-state index contributed by atoms with van der Waals surface area (Å²) >= 11 is 5.05.